The first-order valence-electron chi connectivity index (χ1n) is 4.97. The summed E-state index contributed by atoms with van der Waals surface area (Å²) in [6.07, 6.45) is 0.838. The van der Waals surface area contributed by atoms with E-state index in [1.54, 1.807) is 18.3 Å². The predicted molar refractivity (Wildman–Crippen MR) is 63.1 cm³/mol. The number of ether oxygens (including phenoxy) is 1. The van der Waals surface area contributed by atoms with E-state index < -0.39 is 0 Å². The molecule has 2 heterocycles. The quantitative estimate of drug-likeness (QED) is 0.880. The van der Waals surface area contributed by atoms with Crippen molar-refractivity contribution in [1.82, 2.24) is 9.97 Å². The van der Waals surface area contributed by atoms with Gasteiger partial charge < -0.3 is 9.72 Å². The van der Waals surface area contributed by atoms with Gasteiger partial charge in [0.25, 0.3) is 5.56 Å². The third-order valence-electron chi connectivity index (χ3n) is 2.02. The van der Waals surface area contributed by atoms with E-state index in [2.05, 4.69) is 16.0 Å². The molecule has 0 aliphatic carbocycles. The van der Waals surface area contributed by atoms with Crippen molar-refractivity contribution in [1.29, 1.82) is 0 Å². The van der Waals surface area contributed by atoms with Gasteiger partial charge in [-0.1, -0.05) is 6.07 Å². The second kappa shape index (κ2) is 4.94. The standard InChI is InChI=1S/C11H12N2O2S/c1-8-12-10(14)7-11(13-8)15-5-4-9-3-2-6-16-9/h2-3,6-7H,4-5H2,1H3,(H,12,13,14). The molecule has 84 valence electrons. The van der Waals surface area contributed by atoms with Gasteiger partial charge >= 0.3 is 0 Å². The molecule has 0 bridgehead atoms. The molecule has 0 atom stereocenters. The molecule has 0 unspecified atom stereocenters. The lowest BCUT2D eigenvalue weighted by atomic mass is 10.4. The number of rotatable bonds is 4. The predicted octanol–water partition coefficient (Wildman–Crippen LogP) is 1.76. The van der Waals surface area contributed by atoms with Gasteiger partial charge in [-0.15, -0.1) is 11.3 Å². The van der Waals surface area contributed by atoms with E-state index in [0.717, 1.165) is 6.42 Å². The number of nitrogens with one attached hydrogen (secondary N) is 1. The lowest BCUT2D eigenvalue weighted by Gasteiger charge is -2.03. The van der Waals surface area contributed by atoms with Crippen LogP contribution in [0, 0.1) is 6.92 Å². The monoisotopic (exact) mass is 236 g/mol. The maximum absolute atomic E-state index is 11.1. The number of aromatic amines is 1. The van der Waals surface area contributed by atoms with Crippen molar-refractivity contribution in [2.45, 2.75) is 13.3 Å². The number of hydrogen-bond donors (Lipinski definition) is 1. The van der Waals surface area contributed by atoms with Crippen LogP contribution >= 0.6 is 11.3 Å². The number of aromatic nitrogens is 2. The Balaban J connectivity index is 1.92. The van der Waals surface area contributed by atoms with Crippen LogP contribution in [-0.4, -0.2) is 16.6 Å². The van der Waals surface area contributed by atoms with Crippen LogP contribution in [0.1, 0.15) is 10.7 Å². The van der Waals surface area contributed by atoms with Crippen molar-refractivity contribution in [3.05, 3.63) is 44.6 Å². The van der Waals surface area contributed by atoms with Crippen molar-refractivity contribution in [3.8, 4) is 5.88 Å². The SMILES string of the molecule is Cc1nc(OCCc2cccs2)cc(=O)[nH]1. The summed E-state index contributed by atoms with van der Waals surface area (Å²) in [5, 5.41) is 2.03. The largest absolute Gasteiger partial charge is 0.477 e. The average molecular weight is 236 g/mol. The summed E-state index contributed by atoms with van der Waals surface area (Å²) in [6, 6.07) is 5.43. The molecular formula is C11H12N2O2S. The molecule has 2 rings (SSSR count). The molecule has 0 radical (unpaired) electrons. The van der Waals surface area contributed by atoms with Gasteiger partial charge in [-0.25, -0.2) is 4.98 Å². The Morgan fingerprint density at radius 1 is 1.56 bits per heavy atom. The van der Waals surface area contributed by atoms with Crippen molar-refractivity contribution >= 4 is 11.3 Å². The maximum Gasteiger partial charge on any atom is 0.254 e. The molecule has 0 aliphatic rings. The highest BCUT2D eigenvalue weighted by atomic mass is 32.1. The number of aryl methyl sites for hydroxylation is 1. The third kappa shape index (κ3) is 2.93. The normalized spacial score (nSPS) is 10.3. The number of thiophene rings is 1. The smallest absolute Gasteiger partial charge is 0.254 e. The van der Waals surface area contributed by atoms with Crippen LogP contribution in [0.25, 0.3) is 0 Å². The molecule has 0 aromatic carbocycles. The summed E-state index contributed by atoms with van der Waals surface area (Å²) in [5.74, 6) is 0.955. The molecule has 0 amide bonds. The summed E-state index contributed by atoms with van der Waals surface area (Å²) in [7, 11) is 0. The Bertz CT molecular complexity index is 505. The van der Waals surface area contributed by atoms with E-state index in [1.807, 2.05) is 11.4 Å². The Kier molecular flexibility index (Phi) is 3.36. The first kappa shape index (κ1) is 10.9. The van der Waals surface area contributed by atoms with Gasteiger partial charge in [-0.05, 0) is 18.4 Å². The van der Waals surface area contributed by atoms with Crippen molar-refractivity contribution in [3.63, 3.8) is 0 Å². The molecule has 2 aromatic rings. The highest BCUT2D eigenvalue weighted by Crippen LogP contribution is 2.10. The summed E-state index contributed by atoms with van der Waals surface area (Å²) in [5.41, 5.74) is -0.182. The van der Waals surface area contributed by atoms with E-state index in [-0.39, 0.29) is 5.56 Å². The lowest BCUT2D eigenvalue weighted by molar-refractivity contribution is 0.308. The zero-order valence-electron chi connectivity index (χ0n) is 8.90. The van der Waals surface area contributed by atoms with Crippen LogP contribution in [-0.2, 0) is 6.42 Å². The third-order valence-corrected chi connectivity index (χ3v) is 2.95. The van der Waals surface area contributed by atoms with Gasteiger partial charge in [0.1, 0.15) is 5.82 Å². The van der Waals surface area contributed by atoms with Crippen LogP contribution in [0.2, 0.25) is 0 Å². The van der Waals surface area contributed by atoms with Gasteiger partial charge in [0.15, 0.2) is 0 Å². The van der Waals surface area contributed by atoms with Crippen molar-refractivity contribution in [2.75, 3.05) is 6.61 Å². The van der Waals surface area contributed by atoms with Gasteiger partial charge in [0, 0.05) is 11.3 Å². The Morgan fingerprint density at radius 2 is 2.44 bits per heavy atom. The Labute approximate surface area is 96.9 Å². The number of H-pyrrole nitrogens is 1. The van der Waals surface area contributed by atoms with E-state index in [0.29, 0.717) is 18.3 Å². The van der Waals surface area contributed by atoms with Crippen LogP contribution in [0.3, 0.4) is 0 Å². The first-order valence-corrected chi connectivity index (χ1v) is 5.85. The molecular weight excluding hydrogens is 224 g/mol. The minimum Gasteiger partial charge on any atom is -0.477 e. The molecule has 0 aliphatic heterocycles. The zero-order valence-corrected chi connectivity index (χ0v) is 9.71. The van der Waals surface area contributed by atoms with E-state index in [4.69, 9.17) is 4.74 Å². The molecule has 5 heteroatoms. The summed E-state index contributed by atoms with van der Waals surface area (Å²) < 4.78 is 5.42. The molecule has 0 saturated carbocycles. The van der Waals surface area contributed by atoms with Crippen LogP contribution in [0.4, 0.5) is 0 Å². The molecule has 0 spiro atoms. The highest BCUT2D eigenvalue weighted by Gasteiger charge is 1.99. The van der Waals surface area contributed by atoms with Gasteiger partial charge in [0.2, 0.25) is 5.88 Å². The summed E-state index contributed by atoms with van der Waals surface area (Å²) in [6.45, 7) is 2.27. The van der Waals surface area contributed by atoms with Crippen LogP contribution in [0.5, 0.6) is 5.88 Å². The van der Waals surface area contributed by atoms with E-state index >= 15 is 0 Å². The lowest BCUT2D eigenvalue weighted by Crippen LogP contribution is -2.11. The highest BCUT2D eigenvalue weighted by molar-refractivity contribution is 7.09. The first-order chi connectivity index (χ1) is 7.74. The van der Waals surface area contributed by atoms with Crippen LogP contribution < -0.4 is 10.3 Å². The minimum atomic E-state index is -0.182. The Hall–Kier alpha value is -1.62. The topological polar surface area (TPSA) is 55.0 Å². The second-order valence-electron chi connectivity index (χ2n) is 3.35. The fraction of sp³-hybridized carbons (Fsp3) is 0.273. The van der Waals surface area contributed by atoms with Gasteiger partial charge in [-0.2, -0.15) is 0 Å². The molecule has 16 heavy (non-hydrogen) atoms. The van der Waals surface area contributed by atoms with E-state index in [9.17, 15) is 4.79 Å². The molecule has 2 aromatic heterocycles. The molecule has 0 fully saturated rings. The van der Waals surface area contributed by atoms with Gasteiger partial charge in [-0.3, -0.25) is 4.79 Å². The zero-order chi connectivity index (χ0) is 11.4. The molecule has 4 nitrogen and oxygen atoms in total. The fourth-order valence-corrected chi connectivity index (χ4v) is 2.03. The Morgan fingerprint density at radius 3 is 3.12 bits per heavy atom. The summed E-state index contributed by atoms with van der Waals surface area (Å²) >= 11 is 1.70. The maximum atomic E-state index is 11.1. The number of nitrogens with zero attached hydrogens (tertiary/aromatic N) is 1. The molecule has 0 saturated heterocycles. The average Bonchev–Trinajstić information content (AvgIpc) is 2.69. The second-order valence-corrected chi connectivity index (χ2v) is 4.38. The fourth-order valence-electron chi connectivity index (χ4n) is 1.34. The number of hydrogen-bond acceptors (Lipinski definition) is 4. The summed E-state index contributed by atoms with van der Waals surface area (Å²) in [4.78, 5) is 19.0. The van der Waals surface area contributed by atoms with Crippen LogP contribution in [0.15, 0.2) is 28.4 Å². The van der Waals surface area contributed by atoms with Gasteiger partial charge in [0.05, 0.1) is 12.7 Å². The van der Waals surface area contributed by atoms with Crippen molar-refractivity contribution < 1.29 is 4.74 Å². The van der Waals surface area contributed by atoms with E-state index in [1.165, 1.54) is 10.9 Å². The molecule has 1 N–H and O–H groups in total. The van der Waals surface area contributed by atoms with Crippen molar-refractivity contribution in [2.24, 2.45) is 0 Å². The minimum absolute atomic E-state index is 0.182.